The lowest BCUT2D eigenvalue weighted by atomic mass is 9.91. The van der Waals surface area contributed by atoms with Crippen LogP contribution in [0.15, 0.2) is 89.9 Å². The minimum absolute atomic E-state index is 0.0223. The van der Waals surface area contributed by atoms with Crippen LogP contribution < -0.4 is 20.5 Å². The van der Waals surface area contributed by atoms with Crippen molar-refractivity contribution in [2.45, 2.75) is 18.6 Å². The van der Waals surface area contributed by atoms with Crippen LogP contribution in [0.1, 0.15) is 21.5 Å². The standard InChI is InChI=1S/C35H26F5N3O5/c1-42-13-12-24(35(38,39)40)30(33(42)45)23-9-5-7-21-19(6-4-8-22(21)23)16-27(34(46)47)41-32(44)31-25(36)17-20(18-26(31)37)43-14-15-48-29-11-3-2-10-28(29)43/h2-13,17-18,27H,14-16H2,1H3,(H,41,44)(H,46,47)/t27-/m0/s1. The van der Waals surface area contributed by atoms with Gasteiger partial charge in [0, 0.05) is 25.4 Å². The van der Waals surface area contributed by atoms with Crippen molar-refractivity contribution >= 4 is 34.0 Å². The third-order valence-electron chi connectivity index (χ3n) is 8.18. The number of fused-ring (bicyclic) bond motifs is 2. The van der Waals surface area contributed by atoms with Gasteiger partial charge in [-0.2, -0.15) is 13.2 Å². The van der Waals surface area contributed by atoms with Crippen molar-refractivity contribution in [3.63, 3.8) is 0 Å². The molecule has 2 heterocycles. The van der Waals surface area contributed by atoms with E-state index in [-0.39, 0.29) is 29.8 Å². The maximum atomic E-state index is 15.3. The van der Waals surface area contributed by atoms with Gasteiger partial charge in [-0.3, -0.25) is 9.59 Å². The maximum absolute atomic E-state index is 15.3. The molecule has 48 heavy (non-hydrogen) atoms. The highest BCUT2D eigenvalue weighted by atomic mass is 19.4. The Hall–Kier alpha value is -5.72. The maximum Gasteiger partial charge on any atom is 0.417 e. The second-order valence-corrected chi connectivity index (χ2v) is 11.2. The van der Waals surface area contributed by atoms with E-state index in [1.807, 2.05) is 0 Å². The van der Waals surface area contributed by atoms with Crippen molar-refractivity contribution in [2.24, 2.45) is 7.05 Å². The minimum Gasteiger partial charge on any atom is -0.490 e. The highest BCUT2D eigenvalue weighted by molar-refractivity contribution is 6.00. The second kappa shape index (κ2) is 12.5. The van der Waals surface area contributed by atoms with E-state index >= 15 is 8.78 Å². The van der Waals surface area contributed by atoms with Gasteiger partial charge < -0.3 is 24.6 Å². The third-order valence-corrected chi connectivity index (χ3v) is 8.18. The number of amides is 1. The monoisotopic (exact) mass is 663 g/mol. The van der Waals surface area contributed by atoms with E-state index in [0.717, 1.165) is 29.0 Å². The van der Waals surface area contributed by atoms with Crippen molar-refractivity contribution < 1.29 is 41.4 Å². The normalized spacial score (nSPS) is 13.5. The van der Waals surface area contributed by atoms with Gasteiger partial charge in [0.1, 0.15) is 35.6 Å². The number of carbonyl (C=O) groups is 2. The molecule has 0 spiro atoms. The van der Waals surface area contributed by atoms with Crippen molar-refractivity contribution in [3.8, 4) is 16.9 Å². The van der Waals surface area contributed by atoms with Crippen LogP contribution >= 0.6 is 0 Å². The number of pyridine rings is 1. The lowest BCUT2D eigenvalue weighted by molar-refractivity contribution is -0.139. The molecule has 13 heteroatoms. The number of halogens is 5. The van der Waals surface area contributed by atoms with Crippen LogP contribution in [-0.2, 0) is 24.4 Å². The molecule has 0 radical (unpaired) electrons. The van der Waals surface area contributed by atoms with Gasteiger partial charge in [-0.05, 0) is 52.2 Å². The van der Waals surface area contributed by atoms with E-state index < -0.39 is 64.4 Å². The first-order valence-electron chi connectivity index (χ1n) is 14.6. The summed E-state index contributed by atoms with van der Waals surface area (Å²) in [5, 5.41) is 12.7. The number of carboxylic acids is 1. The first-order chi connectivity index (χ1) is 22.8. The summed E-state index contributed by atoms with van der Waals surface area (Å²) in [5.41, 5.74) is -2.60. The lowest BCUT2D eigenvalue weighted by Crippen LogP contribution is -2.43. The van der Waals surface area contributed by atoms with Gasteiger partial charge in [-0.15, -0.1) is 0 Å². The van der Waals surface area contributed by atoms with Gasteiger partial charge in [0.05, 0.1) is 23.4 Å². The Morgan fingerprint density at radius 2 is 1.65 bits per heavy atom. The van der Waals surface area contributed by atoms with Gasteiger partial charge in [0.25, 0.3) is 11.5 Å². The van der Waals surface area contributed by atoms with Crippen LogP contribution in [0.4, 0.5) is 33.3 Å². The van der Waals surface area contributed by atoms with Crippen LogP contribution in [0.2, 0.25) is 0 Å². The number of nitrogens with one attached hydrogen (secondary N) is 1. The van der Waals surface area contributed by atoms with E-state index in [1.54, 1.807) is 29.2 Å². The molecule has 1 aliphatic rings. The van der Waals surface area contributed by atoms with E-state index in [1.165, 1.54) is 43.4 Å². The molecule has 1 aliphatic heterocycles. The van der Waals surface area contributed by atoms with Crippen LogP contribution in [-0.4, -0.2) is 40.7 Å². The van der Waals surface area contributed by atoms with Crippen molar-refractivity contribution in [1.29, 1.82) is 0 Å². The number of hydrogen-bond acceptors (Lipinski definition) is 5. The Morgan fingerprint density at radius 3 is 2.35 bits per heavy atom. The van der Waals surface area contributed by atoms with Crippen LogP contribution in [0.25, 0.3) is 21.9 Å². The minimum atomic E-state index is -4.84. The topological polar surface area (TPSA) is 101 Å². The van der Waals surface area contributed by atoms with E-state index in [4.69, 9.17) is 4.74 Å². The smallest absolute Gasteiger partial charge is 0.417 e. The number of aryl methyl sites for hydroxylation is 1. The zero-order valence-electron chi connectivity index (χ0n) is 25.1. The molecule has 0 unspecified atom stereocenters. The quantitative estimate of drug-likeness (QED) is 0.194. The van der Waals surface area contributed by atoms with Gasteiger partial charge >= 0.3 is 12.1 Å². The predicted octanol–water partition coefficient (Wildman–Crippen LogP) is 6.46. The fourth-order valence-corrected chi connectivity index (χ4v) is 5.92. The Kier molecular flexibility index (Phi) is 8.37. The van der Waals surface area contributed by atoms with Gasteiger partial charge in [-0.25, -0.2) is 13.6 Å². The SMILES string of the molecule is Cn1ccc(C(F)(F)F)c(-c2cccc3c(C[C@H](NC(=O)c4c(F)cc(N5CCOc6ccccc65)cc4F)C(=O)O)cccc23)c1=O. The number of aliphatic carboxylic acids is 1. The number of ether oxygens (including phenoxy) is 1. The van der Waals surface area contributed by atoms with E-state index in [2.05, 4.69) is 5.32 Å². The molecular formula is C35H26F5N3O5. The Balaban J connectivity index is 1.32. The molecular weight excluding hydrogens is 637 g/mol. The number of nitrogens with zero attached hydrogens (tertiary/aromatic N) is 2. The predicted molar refractivity (Wildman–Crippen MR) is 168 cm³/mol. The number of anilines is 2. The number of alkyl halides is 3. The number of hydrogen-bond donors (Lipinski definition) is 2. The van der Waals surface area contributed by atoms with Crippen molar-refractivity contribution in [1.82, 2.24) is 9.88 Å². The molecule has 0 saturated carbocycles. The second-order valence-electron chi connectivity index (χ2n) is 11.2. The number of carboxylic acid groups (broad SMARTS) is 1. The summed E-state index contributed by atoms with van der Waals surface area (Å²) in [6, 6.07) is 16.8. The van der Waals surface area contributed by atoms with Gasteiger partial charge in [-0.1, -0.05) is 48.5 Å². The summed E-state index contributed by atoms with van der Waals surface area (Å²) in [7, 11) is 1.32. The summed E-state index contributed by atoms with van der Waals surface area (Å²) in [5.74, 6) is -4.74. The average molecular weight is 664 g/mol. The number of carbonyl (C=O) groups excluding carboxylic acids is 1. The fourth-order valence-electron chi connectivity index (χ4n) is 5.92. The molecule has 1 atom stereocenters. The van der Waals surface area contributed by atoms with Gasteiger partial charge in [0.15, 0.2) is 0 Å². The van der Waals surface area contributed by atoms with Crippen molar-refractivity contribution in [3.05, 3.63) is 124 Å². The summed E-state index contributed by atoms with van der Waals surface area (Å²) >= 11 is 0. The molecule has 1 aromatic heterocycles. The third kappa shape index (κ3) is 5.94. The number of benzene rings is 4. The molecule has 0 aliphatic carbocycles. The number of aromatic nitrogens is 1. The summed E-state index contributed by atoms with van der Waals surface area (Å²) in [6.45, 7) is 0.537. The largest absolute Gasteiger partial charge is 0.490 e. The summed E-state index contributed by atoms with van der Waals surface area (Å²) in [4.78, 5) is 40.0. The zero-order chi connectivity index (χ0) is 34.3. The Labute approximate surface area is 269 Å². The average Bonchev–Trinajstić information content (AvgIpc) is 3.04. The fraction of sp³-hybridized carbons (Fsp3) is 0.171. The molecule has 6 rings (SSSR count). The highest BCUT2D eigenvalue weighted by Gasteiger charge is 2.36. The molecule has 0 saturated heterocycles. The van der Waals surface area contributed by atoms with E-state index in [0.29, 0.717) is 22.4 Å². The van der Waals surface area contributed by atoms with Crippen LogP contribution in [0.5, 0.6) is 5.75 Å². The molecule has 0 bridgehead atoms. The molecule has 246 valence electrons. The number of rotatable bonds is 7. The molecule has 2 N–H and O–H groups in total. The molecule has 1 amide bonds. The summed E-state index contributed by atoms with van der Waals surface area (Å²) in [6.07, 6.45) is -4.21. The van der Waals surface area contributed by atoms with E-state index in [9.17, 15) is 32.7 Å². The van der Waals surface area contributed by atoms with Crippen molar-refractivity contribution in [2.75, 3.05) is 18.1 Å². The Bertz CT molecular complexity index is 2120. The molecule has 5 aromatic rings. The molecule has 0 fully saturated rings. The first-order valence-corrected chi connectivity index (χ1v) is 14.6. The highest BCUT2D eigenvalue weighted by Crippen LogP contribution is 2.39. The summed E-state index contributed by atoms with van der Waals surface area (Å²) < 4.78 is 79.2. The Morgan fingerprint density at radius 1 is 0.958 bits per heavy atom. The van der Waals surface area contributed by atoms with Crippen LogP contribution in [0, 0.1) is 11.6 Å². The molecule has 8 nitrogen and oxygen atoms in total. The first kappa shape index (κ1) is 32.2. The lowest BCUT2D eigenvalue weighted by Gasteiger charge is -2.31. The number of para-hydroxylation sites is 2. The zero-order valence-corrected chi connectivity index (χ0v) is 25.1. The van der Waals surface area contributed by atoms with Crippen LogP contribution in [0.3, 0.4) is 0 Å². The molecule has 4 aromatic carbocycles. The van der Waals surface area contributed by atoms with Gasteiger partial charge in [0.2, 0.25) is 0 Å².